The zero-order valence-corrected chi connectivity index (χ0v) is 8.82. The van der Waals surface area contributed by atoms with E-state index in [0.29, 0.717) is 5.75 Å². The number of alkyl halides is 3. The molecule has 0 aliphatic rings. The summed E-state index contributed by atoms with van der Waals surface area (Å²) in [5.74, 6) is -5.71. The summed E-state index contributed by atoms with van der Waals surface area (Å²) in [7, 11) is 1.37. The third-order valence-electron chi connectivity index (χ3n) is 2.12. The molecule has 0 aliphatic heterocycles. The Labute approximate surface area is 95.2 Å². The zero-order valence-electron chi connectivity index (χ0n) is 8.82. The third kappa shape index (κ3) is 2.64. The monoisotopic (exact) mass is 246 g/mol. The van der Waals surface area contributed by atoms with E-state index in [-0.39, 0.29) is 5.56 Å². The predicted molar refractivity (Wildman–Crippen MR) is 53.2 cm³/mol. The van der Waals surface area contributed by atoms with E-state index in [9.17, 15) is 22.8 Å². The molecule has 3 nitrogen and oxygen atoms in total. The molecule has 0 N–H and O–H groups in total. The van der Waals surface area contributed by atoms with Crippen molar-refractivity contribution in [1.29, 1.82) is 0 Å². The molecule has 1 unspecified atom stereocenters. The number of hydrogen-bond donors (Lipinski definition) is 0. The van der Waals surface area contributed by atoms with Gasteiger partial charge in [-0.3, -0.25) is 9.59 Å². The molecule has 0 amide bonds. The molecule has 0 aliphatic carbocycles. The third-order valence-corrected chi connectivity index (χ3v) is 2.12. The van der Waals surface area contributed by atoms with Crippen LogP contribution in [0.4, 0.5) is 13.2 Å². The Morgan fingerprint density at radius 1 is 1.35 bits per heavy atom. The van der Waals surface area contributed by atoms with E-state index in [2.05, 4.69) is 0 Å². The van der Waals surface area contributed by atoms with E-state index in [1.165, 1.54) is 19.2 Å². The van der Waals surface area contributed by atoms with Crippen molar-refractivity contribution in [3.05, 3.63) is 29.8 Å². The number of ketones is 1. The van der Waals surface area contributed by atoms with Crippen LogP contribution in [0.2, 0.25) is 0 Å². The second-order valence-electron chi connectivity index (χ2n) is 3.22. The van der Waals surface area contributed by atoms with Gasteiger partial charge >= 0.3 is 5.92 Å². The second-order valence-corrected chi connectivity index (χ2v) is 3.22. The van der Waals surface area contributed by atoms with Gasteiger partial charge in [-0.25, -0.2) is 4.39 Å². The minimum absolute atomic E-state index is 0.372. The van der Waals surface area contributed by atoms with Gasteiger partial charge in [-0.2, -0.15) is 8.78 Å². The van der Waals surface area contributed by atoms with E-state index in [1.807, 2.05) is 0 Å². The number of benzene rings is 1. The molecule has 0 fully saturated rings. The van der Waals surface area contributed by atoms with Gasteiger partial charge in [-0.05, 0) is 24.3 Å². The molecule has 1 atom stereocenters. The highest BCUT2D eigenvalue weighted by Gasteiger charge is 2.48. The number of carbonyl (C=O) groups excluding carboxylic acids is 2. The number of methoxy groups -OCH3 is 1. The summed E-state index contributed by atoms with van der Waals surface area (Å²) in [5, 5.41) is 0. The van der Waals surface area contributed by atoms with Crippen LogP contribution in [0.25, 0.3) is 0 Å². The van der Waals surface area contributed by atoms with Crippen LogP contribution in [-0.2, 0) is 4.79 Å². The lowest BCUT2D eigenvalue weighted by molar-refractivity contribution is -0.122. The number of Topliss-reactive ketones (excluding diaryl/α,β-unsaturated/α-hetero) is 1. The van der Waals surface area contributed by atoms with Crippen molar-refractivity contribution in [2.24, 2.45) is 0 Å². The van der Waals surface area contributed by atoms with Gasteiger partial charge < -0.3 is 4.74 Å². The fourth-order valence-corrected chi connectivity index (χ4v) is 1.15. The minimum Gasteiger partial charge on any atom is -0.497 e. The van der Waals surface area contributed by atoms with Crippen molar-refractivity contribution in [3.63, 3.8) is 0 Å². The van der Waals surface area contributed by atoms with Crippen molar-refractivity contribution in [3.8, 4) is 5.75 Å². The second kappa shape index (κ2) is 4.99. The smallest absolute Gasteiger partial charge is 0.346 e. The van der Waals surface area contributed by atoms with Crippen LogP contribution in [0, 0.1) is 0 Å². The molecule has 0 bridgehead atoms. The molecule has 0 heterocycles. The lowest BCUT2D eigenvalue weighted by Crippen LogP contribution is -2.39. The summed E-state index contributed by atoms with van der Waals surface area (Å²) < 4.78 is 43.6. The molecule has 0 saturated carbocycles. The highest BCUT2D eigenvalue weighted by atomic mass is 19.3. The van der Waals surface area contributed by atoms with Gasteiger partial charge in [0.1, 0.15) is 5.75 Å². The van der Waals surface area contributed by atoms with Crippen molar-refractivity contribution in [2.45, 2.75) is 12.1 Å². The highest BCUT2D eigenvalue weighted by molar-refractivity contribution is 6.03. The van der Waals surface area contributed by atoms with Crippen LogP contribution < -0.4 is 4.74 Å². The van der Waals surface area contributed by atoms with E-state index < -0.39 is 24.2 Å². The highest BCUT2D eigenvalue weighted by Crippen LogP contribution is 2.26. The van der Waals surface area contributed by atoms with Crippen molar-refractivity contribution in [2.75, 3.05) is 7.11 Å². The molecule has 17 heavy (non-hydrogen) atoms. The number of halogens is 3. The van der Waals surface area contributed by atoms with Crippen LogP contribution in [0.3, 0.4) is 0 Å². The average Bonchev–Trinajstić information content (AvgIpc) is 2.36. The molecule has 1 rings (SSSR count). The lowest BCUT2D eigenvalue weighted by atomic mass is 10.0. The van der Waals surface area contributed by atoms with E-state index in [1.54, 1.807) is 0 Å². The van der Waals surface area contributed by atoms with Crippen LogP contribution in [0.5, 0.6) is 5.75 Å². The van der Waals surface area contributed by atoms with E-state index in [4.69, 9.17) is 4.74 Å². The normalized spacial score (nSPS) is 12.9. The molecule has 92 valence electrons. The molecule has 1 aromatic carbocycles. The van der Waals surface area contributed by atoms with Gasteiger partial charge in [-0.1, -0.05) is 0 Å². The summed E-state index contributed by atoms with van der Waals surface area (Å²) in [4.78, 5) is 21.2. The number of carbonyl (C=O) groups is 2. The largest absolute Gasteiger partial charge is 0.497 e. The van der Waals surface area contributed by atoms with E-state index >= 15 is 0 Å². The Kier molecular flexibility index (Phi) is 3.88. The van der Waals surface area contributed by atoms with Crippen LogP contribution in [-0.4, -0.2) is 31.3 Å². The Bertz CT molecular complexity index is 414. The van der Waals surface area contributed by atoms with Gasteiger partial charge in [0.25, 0.3) is 0 Å². The zero-order chi connectivity index (χ0) is 13.1. The van der Waals surface area contributed by atoms with Crippen LogP contribution in [0.15, 0.2) is 24.3 Å². The first-order valence-corrected chi connectivity index (χ1v) is 4.59. The minimum atomic E-state index is -4.35. The number of hydrogen-bond acceptors (Lipinski definition) is 3. The average molecular weight is 246 g/mol. The standard InChI is InChI=1S/C11H9F3O3/c1-17-8-4-2-7(3-5-8)10(16)11(13,14)9(12)6-15/h2-6,9H,1H3. The van der Waals surface area contributed by atoms with Crippen molar-refractivity contribution in [1.82, 2.24) is 0 Å². The first kappa shape index (κ1) is 13.2. The molecule has 0 saturated heterocycles. The van der Waals surface area contributed by atoms with Crippen LogP contribution in [0.1, 0.15) is 10.4 Å². The van der Waals surface area contributed by atoms with Crippen molar-refractivity contribution >= 4 is 12.1 Å². The van der Waals surface area contributed by atoms with Gasteiger partial charge in [0.05, 0.1) is 7.11 Å². The van der Waals surface area contributed by atoms with Gasteiger partial charge in [-0.15, -0.1) is 0 Å². The fourth-order valence-electron chi connectivity index (χ4n) is 1.15. The van der Waals surface area contributed by atoms with Gasteiger partial charge in [0.15, 0.2) is 6.29 Å². The van der Waals surface area contributed by atoms with E-state index in [0.717, 1.165) is 12.1 Å². The van der Waals surface area contributed by atoms with Gasteiger partial charge in [0, 0.05) is 5.56 Å². The van der Waals surface area contributed by atoms with Crippen LogP contribution >= 0.6 is 0 Å². The van der Waals surface area contributed by atoms with Gasteiger partial charge in [0.2, 0.25) is 12.0 Å². The summed E-state index contributed by atoms with van der Waals surface area (Å²) in [6.07, 6.45) is -3.74. The molecule has 0 aromatic heterocycles. The maximum absolute atomic E-state index is 13.1. The topological polar surface area (TPSA) is 43.4 Å². The molecular weight excluding hydrogens is 237 g/mol. The molecule has 1 aromatic rings. The quantitative estimate of drug-likeness (QED) is 0.590. The van der Waals surface area contributed by atoms with Crippen molar-refractivity contribution < 1.29 is 27.5 Å². The predicted octanol–water partition coefficient (Wildman–Crippen LogP) is 2.05. The first-order valence-electron chi connectivity index (χ1n) is 4.59. The maximum Gasteiger partial charge on any atom is 0.346 e. The summed E-state index contributed by atoms with van der Waals surface area (Å²) in [6.45, 7) is 0. The molecule has 6 heteroatoms. The maximum atomic E-state index is 13.1. The molecule has 0 spiro atoms. The Morgan fingerprint density at radius 3 is 2.29 bits per heavy atom. The molecule has 0 radical (unpaired) electrons. The SMILES string of the molecule is COc1ccc(C(=O)C(F)(F)C(F)C=O)cc1. The Morgan fingerprint density at radius 2 is 1.88 bits per heavy atom. The molecular formula is C11H9F3O3. The summed E-state index contributed by atoms with van der Waals surface area (Å²) in [6, 6.07) is 4.73. The first-order chi connectivity index (χ1) is 7.93. The number of aldehydes is 1. The number of ether oxygens (including phenoxy) is 1. The summed E-state index contributed by atoms with van der Waals surface area (Å²) >= 11 is 0. The Hall–Kier alpha value is -1.85. The summed E-state index contributed by atoms with van der Waals surface area (Å²) in [5.41, 5.74) is -0.389. The Balaban J connectivity index is 2.99. The number of rotatable bonds is 5. The fraction of sp³-hybridized carbons (Fsp3) is 0.273. The lowest BCUT2D eigenvalue weighted by Gasteiger charge is -2.15.